The Labute approximate surface area is 158 Å². The zero-order valence-corrected chi connectivity index (χ0v) is 15.7. The SMILES string of the molecule is Cc1ccc(C)c(OCC(=O)OCCCc2c[nH]c3ccc(Cl)cc23)c1. The van der Waals surface area contributed by atoms with E-state index in [2.05, 4.69) is 4.98 Å². The van der Waals surface area contributed by atoms with Crippen LogP contribution in [0, 0.1) is 13.8 Å². The lowest BCUT2D eigenvalue weighted by Gasteiger charge is -2.10. The molecule has 0 unspecified atom stereocenters. The minimum Gasteiger partial charge on any atom is -0.482 e. The van der Waals surface area contributed by atoms with Crippen LogP contribution in [0.15, 0.2) is 42.6 Å². The number of hydrogen-bond donors (Lipinski definition) is 1. The van der Waals surface area contributed by atoms with Crippen molar-refractivity contribution in [3.8, 4) is 5.75 Å². The van der Waals surface area contributed by atoms with Crippen molar-refractivity contribution in [1.82, 2.24) is 4.98 Å². The predicted octanol–water partition coefficient (Wildman–Crippen LogP) is 4.99. The van der Waals surface area contributed by atoms with Gasteiger partial charge in [0.15, 0.2) is 6.61 Å². The molecule has 0 saturated heterocycles. The van der Waals surface area contributed by atoms with Crippen LogP contribution in [-0.2, 0) is 16.0 Å². The molecule has 0 amide bonds. The number of carbonyl (C=O) groups is 1. The van der Waals surface area contributed by atoms with Gasteiger partial charge in [0.25, 0.3) is 0 Å². The van der Waals surface area contributed by atoms with E-state index in [1.54, 1.807) is 0 Å². The Balaban J connectivity index is 1.43. The van der Waals surface area contributed by atoms with E-state index in [1.807, 2.05) is 56.4 Å². The molecule has 3 aromatic rings. The van der Waals surface area contributed by atoms with Crippen LogP contribution < -0.4 is 4.74 Å². The van der Waals surface area contributed by atoms with Gasteiger partial charge < -0.3 is 14.5 Å². The molecule has 3 rings (SSSR count). The number of H-pyrrole nitrogens is 1. The Bertz CT molecular complexity index is 917. The number of aromatic nitrogens is 1. The van der Waals surface area contributed by atoms with Gasteiger partial charge in [0.05, 0.1) is 6.61 Å². The number of hydrogen-bond acceptors (Lipinski definition) is 3. The molecule has 0 fully saturated rings. The zero-order chi connectivity index (χ0) is 18.5. The lowest BCUT2D eigenvalue weighted by molar-refractivity contribution is -0.146. The minimum atomic E-state index is -0.354. The van der Waals surface area contributed by atoms with Crippen LogP contribution in [0.2, 0.25) is 5.02 Å². The molecule has 4 nitrogen and oxygen atoms in total. The van der Waals surface area contributed by atoms with E-state index in [4.69, 9.17) is 21.1 Å². The zero-order valence-electron chi connectivity index (χ0n) is 15.0. The van der Waals surface area contributed by atoms with E-state index in [9.17, 15) is 4.79 Å². The first-order valence-corrected chi connectivity index (χ1v) is 9.02. The molecular formula is C21H22ClNO3. The highest BCUT2D eigenvalue weighted by atomic mass is 35.5. The molecule has 1 N–H and O–H groups in total. The van der Waals surface area contributed by atoms with Crippen molar-refractivity contribution in [3.63, 3.8) is 0 Å². The van der Waals surface area contributed by atoms with Crippen molar-refractivity contribution >= 4 is 28.5 Å². The second kappa shape index (κ2) is 8.28. The van der Waals surface area contributed by atoms with E-state index in [0.717, 1.165) is 40.6 Å². The van der Waals surface area contributed by atoms with Gasteiger partial charge in [0, 0.05) is 22.1 Å². The second-order valence-electron chi connectivity index (χ2n) is 6.39. The average Bonchev–Trinajstić information content (AvgIpc) is 3.01. The lowest BCUT2D eigenvalue weighted by atomic mass is 10.1. The number of rotatable bonds is 7. The fraction of sp³-hybridized carbons (Fsp3) is 0.286. The van der Waals surface area contributed by atoms with Gasteiger partial charge in [-0.05, 0) is 67.6 Å². The molecule has 26 heavy (non-hydrogen) atoms. The van der Waals surface area contributed by atoms with Crippen LogP contribution in [0.1, 0.15) is 23.1 Å². The van der Waals surface area contributed by atoms with Gasteiger partial charge in [-0.25, -0.2) is 4.79 Å². The van der Waals surface area contributed by atoms with Crippen molar-refractivity contribution in [2.75, 3.05) is 13.2 Å². The molecule has 0 bridgehead atoms. The monoisotopic (exact) mass is 371 g/mol. The molecule has 0 aliphatic heterocycles. The molecule has 1 heterocycles. The molecule has 0 spiro atoms. The summed E-state index contributed by atoms with van der Waals surface area (Å²) in [5.41, 5.74) is 4.33. The molecule has 1 aromatic heterocycles. The number of fused-ring (bicyclic) bond motifs is 1. The summed E-state index contributed by atoms with van der Waals surface area (Å²) < 4.78 is 10.8. The largest absolute Gasteiger partial charge is 0.482 e. The fourth-order valence-electron chi connectivity index (χ4n) is 2.85. The molecule has 0 atom stereocenters. The van der Waals surface area contributed by atoms with E-state index >= 15 is 0 Å². The third-order valence-electron chi connectivity index (χ3n) is 4.27. The molecule has 0 aliphatic carbocycles. The maximum atomic E-state index is 11.9. The first-order valence-electron chi connectivity index (χ1n) is 8.64. The van der Waals surface area contributed by atoms with Crippen LogP contribution in [0.5, 0.6) is 5.75 Å². The fourth-order valence-corrected chi connectivity index (χ4v) is 3.02. The highest BCUT2D eigenvalue weighted by Gasteiger charge is 2.08. The van der Waals surface area contributed by atoms with Gasteiger partial charge in [-0.15, -0.1) is 0 Å². The van der Waals surface area contributed by atoms with Crippen LogP contribution >= 0.6 is 11.6 Å². The van der Waals surface area contributed by atoms with Crippen LogP contribution in [0.3, 0.4) is 0 Å². The summed E-state index contributed by atoms with van der Waals surface area (Å²) in [6, 6.07) is 11.7. The summed E-state index contributed by atoms with van der Waals surface area (Å²) >= 11 is 6.06. The molecule has 0 radical (unpaired) electrons. The summed E-state index contributed by atoms with van der Waals surface area (Å²) in [6.07, 6.45) is 3.53. The number of benzene rings is 2. The summed E-state index contributed by atoms with van der Waals surface area (Å²) in [4.78, 5) is 15.1. The van der Waals surface area contributed by atoms with Gasteiger partial charge in [0.1, 0.15) is 5.75 Å². The van der Waals surface area contributed by atoms with Crippen LogP contribution in [0.4, 0.5) is 0 Å². The predicted molar refractivity (Wildman–Crippen MR) is 104 cm³/mol. The van der Waals surface area contributed by atoms with Crippen LogP contribution in [0.25, 0.3) is 10.9 Å². The summed E-state index contributed by atoms with van der Waals surface area (Å²) in [7, 11) is 0. The minimum absolute atomic E-state index is 0.0764. The second-order valence-corrected chi connectivity index (χ2v) is 6.82. The van der Waals surface area contributed by atoms with Crippen molar-refractivity contribution in [3.05, 3.63) is 64.3 Å². The Hall–Kier alpha value is -2.46. The Morgan fingerprint density at radius 1 is 1.15 bits per heavy atom. The average molecular weight is 372 g/mol. The lowest BCUT2D eigenvalue weighted by Crippen LogP contribution is -2.16. The Kier molecular flexibility index (Phi) is 5.84. The Morgan fingerprint density at radius 2 is 2.00 bits per heavy atom. The highest BCUT2D eigenvalue weighted by Crippen LogP contribution is 2.23. The maximum absolute atomic E-state index is 11.9. The number of esters is 1. The normalized spacial score (nSPS) is 10.9. The third kappa shape index (κ3) is 4.58. The van der Waals surface area contributed by atoms with Gasteiger partial charge in [-0.3, -0.25) is 0 Å². The first kappa shape index (κ1) is 18.3. The van der Waals surface area contributed by atoms with Crippen molar-refractivity contribution in [1.29, 1.82) is 0 Å². The summed E-state index contributed by atoms with van der Waals surface area (Å²) in [5.74, 6) is 0.366. The number of nitrogens with one attached hydrogen (secondary N) is 1. The maximum Gasteiger partial charge on any atom is 0.344 e. The first-order chi connectivity index (χ1) is 12.5. The van der Waals surface area contributed by atoms with Crippen LogP contribution in [-0.4, -0.2) is 24.2 Å². The van der Waals surface area contributed by atoms with E-state index in [1.165, 1.54) is 5.56 Å². The third-order valence-corrected chi connectivity index (χ3v) is 4.51. The molecule has 136 valence electrons. The van der Waals surface area contributed by atoms with Gasteiger partial charge in [-0.1, -0.05) is 23.7 Å². The van der Waals surface area contributed by atoms with E-state index in [0.29, 0.717) is 11.6 Å². The van der Waals surface area contributed by atoms with Crippen molar-refractivity contribution in [2.45, 2.75) is 26.7 Å². The molecule has 0 saturated carbocycles. The number of halogens is 1. The molecule has 5 heteroatoms. The standard InChI is InChI=1S/C21H22ClNO3/c1-14-5-6-15(2)20(10-14)26-13-21(24)25-9-3-4-16-12-23-19-8-7-17(22)11-18(16)19/h5-8,10-12,23H,3-4,9,13H2,1-2H3. The summed E-state index contributed by atoms with van der Waals surface area (Å²) in [5, 5.41) is 1.83. The van der Waals surface area contributed by atoms with Gasteiger partial charge in [0.2, 0.25) is 0 Å². The number of ether oxygens (including phenoxy) is 2. The smallest absolute Gasteiger partial charge is 0.344 e. The van der Waals surface area contributed by atoms with E-state index in [-0.39, 0.29) is 12.6 Å². The number of carbonyl (C=O) groups excluding carboxylic acids is 1. The van der Waals surface area contributed by atoms with Crippen molar-refractivity contribution < 1.29 is 14.3 Å². The number of aryl methyl sites for hydroxylation is 3. The Morgan fingerprint density at radius 3 is 2.85 bits per heavy atom. The van der Waals surface area contributed by atoms with E-state index < -0.39 is 0 Å². The topological polar surface area (TPSA) is 51.3 Å². The number of aromatic amines is 1. The van der Waals surface area contributed by atoms with Crippen molar-refractivity contribution in [2.24, 2.45) is 0 Å². The molecule has 0 aliphatic rings. The van der Waals surface area contributed by atoms with Gasteiger partial charge in [-0.2, -0.15) is 0 Å². The quantitative estimate of drug-likeness (QED) is 0.470. The summed E-state index contributed by atoms with van der Waals surface area (Å²) in [6.45, 7) is 4.23. The molecular weight excluding hydrogens is 350 g/mol. The van der Waals surface area contributed by atoms with Gasteiger partial charge >= 0.3 is 5.97 Å². The molecule has 2 aromatic carbocycles. The highest BCUT2D eigenvalue weighted by molar-refractivity contribution is 6.31.